The smallest absolute Gasteiger partial charge is 0.0190 e. The van der Waals surface area contributed by atoms with E-state index in [-0.39, 0.29) is 20.1 Å². The molecule has 1 radical (unpaired) electrons. The molecule has 5 rings (SSSR count). The molecular formula is C30H24IrN2-2. The molecule has 2 aromatic heterocycles. The Labute approximate surface area is 209 Å². The van der Waals surface area contributed by atoms with Crippen molar-refractivity contribution in [2.75, 3.05) is 0 Å². The Kier molecular flexibility index (Phi) is 8.83. The van der Waals surface area contributed by atoms with E-state index >= 15 is 0 Å². The van der Waals surface area contributed by atoms with Crippen LogP contribution in [0.4, 0.5) is 0 Å². The number of aryl methyl sites for hydroxylation is 2. The first-order valence-corrected chi connectivity index (χ1v) is 10.6. The van der Waals surface area contributed by atoms with Gasteiger partial charge in [-0.05, 0) is 41.1 Å². The number of aromatic nitrogens is 2. The summed E-state index contributed by atoms with van der Waals surface area (Å²) >= 11 is 0. The molecule has 0 aliphatic heterocycles. The minimum atomic E-state index is 0. The van der Waals surface area contributed by atoms with Crippen LogP contribution >= 0.6 is 0 Å². The Morgan fingerprint density at radius 3 is 2.03 bits per heavy atom. The van der Waals surface area contributed by atoms with Gasteiger partial charge in [-0.25, -0.2) is 0 Å². The third-order valence-electron chi connectivity index (χ3n) is 5.01. The van der Waals surface area contributed by atoms with E-state index in [9.17, 15) is 0 Å². The Morgan fingerprint density at radius 2 is 1.36 bits per heavy atom. The van der Waals surface area contributed by atoms with Gasteiger partial charge in [0, 0.05) is 32.5 Å². The molecule has 0 bridgehead atoms. The van der Waals surface area contributed by atoms with E-state index in [0.29, 0.717) is 0 Å². The summed E-state index contributed by atoms with van der Waals surface area (Å²) < 4.78 is 0. The summed E-state index contributed by atoms with van der Waals surface area (Å²) in [4.78, 5) is 8.75. The van der Waals surface area contributed by atoms with E-state index in [2.05, 4.69) is 59.4 Å². The molecule has 0 atom stereocenters. The minimum absolute atomic E-state index is 0. The van der Waals surface area contributed by atoms with Gasteiger partial charge in [0.1, 0.15) is 0 Å². The van der Waals surface area contributed by atoms with Crippen molar-refractivity contribution in [2.45, 2.75) is 13.8 Å². The Bertz CT molecular complexity index is 1150. The van der Waals surface area contributed by atoms with Crippen LogP contribution in [-0.4, -0.2) is 9.97 Å². The average molecular weight is 605 g/mol. The fourth-order valence-electron chi connectivity index (χ4n) is 3.23. The summed E-state index contributed by atoms with van der Waals surface area (Å²) in [5.74, 6) is 0. The van der Waals surface area contributed by atoms with E-state index in [0.717, 1.165) is 22.5 Å². The molecule has 0 amide bonds. The van der Waals surface area contributed by atoms with Crippen LogP contribution in [0.1, 0.15) is 11.1 Å². The largest absolute Gasteiger partial charge is 0.305 e. The van der Waals surface area contributed by atoms with Gasteiger partial charge in [0.15, 0.2) is 0 Å². The number of benzene rings is 3. The molecule has 165 valence electrons. The second kappa shape index (κ2) is 12.0. The van der Waals surface area contributed by atoms with Gasteiger partial charge in [0.2, 0.25) is 0 Å². The van der Waals surface area contributed by atoms with Crippen LogP contribution < -0.4 is 0 Å². The van der Waals surface area contributed by atoms with Crippen molar-refractivity contribution in [3.05, 3.63) is 133 Å². The van der Waals surface area contributed by atoms with E-state index < -0.39 is 0 Å². The van der Waals surface area contributed by atoms with Crippen molar-refractivity contribution in [3.63, 3.8) is 0 Å². The number of hydrogen-bond acceptors (Lipinski definition) is 2. The van der Waals surface area contributed by atoms with Crippen molar-refractivity contribution >= 4 is 0 Å². The van der Waals surface area contributed by atoms with Gasteiger partial charge in [0.05, 0.1) is 0 Å². The first kappa shape index (κ1) is 24.3. The molecule has 0 spiro atoms. The maximum absolute atomic E-state index is 4.40. The van der Waals surface area contributed by atoms with Gasteiger partial charge in [-0.1, -0.05) is 55.5 Å². The maximum Gasteiger partial charge on any atom is 0.0190 e. The van der Waals surface area contributed by atoms with E-state index in [1.807, 2.05) is 86.0 Å². The van der Waals surface area contributed by atoms with Gasteiger partial charge in [0.25, 0.3) is 0 Å². The van der Waals surface area contributed by atoms with Crippen LogP contribution in [-0.2, 0) is 20.1 Å². The predicted octanol–water partition coefficient (Wildman–Crippen LogP) is 7.38. The van der Waals surface area contributed by atoms with Crippen molar-refractivity contribution in [1.29, 1.82) is 0 Å². The summed E-state index contributed by atoms with van der Waals surface area (Å²) in [6, 6.07) is 39.0. The normalized spacial score (nSPS) is 9.88. The summed E-state index contributed by atoms with van der Waals surface area (Å²) in [5, 5.41) is 0. The molecule has 3 heteroatoms. The third-order valence-corrected chi connectivity index (χ3v) is 5.01. The fraction of sp³-hybridized carbons (Fsp3) is 0.0667. The van der Waals surface area contributed by atoms with E-state index in [1.54, 1.807) is 0 Å². The third kappa shape index (κ3) is 6.79. The molecular weight excluding hydrogens is 581 g/mol. The monoisotopic (exact) mass is 605 g/mol. The summed E-state index contributed by atoms with van der Waals surface area (Å²) in [7, 11) is 0. The van der Waals surface area contributed by atoms with Gasteiger partial charge in [-0.15, -0.1) is 71.3 Å². The van der Waals surface area contributed by atoms with Crippen molar-refractivity contribution in [3.8, 4) is 33.6 Å². The van der Waals surface area contributed by atoms with Gasteiger partial charge < -0.3 is 9.97 Å². The van der Waals surface area contributed by atoms with Crippen molar-refractivity contribution in [1.82, 2.24) is 9.97 Å². The van der Waals surface area contributed by atoms with Gasteiger partial charge >= 0.3 is 0 Å². The zero-order chi connectivity index (χ0) is 22.2. The van der Waals surface area contributed by atoms with Crippen LogP contribution in [0.2, 0.25) is 0 Å². The van der Waals surface area contributed by atoms with Crippen molar-refractivity contribution < 1.29 is 20.1 Å². The SMILES string of the molecule is Cc1c[c-]c(-c2ccc(C)cn2)cc1.[Ir].[c-]1ccccc1-c1cc(-c2ccccc2)ccn1. The molecule has 2 heterocycles. The Hall–Kier alpha value is -3.39. The van der Waals surface area contributed by atoms with Crippen LogP contribution in [0.15, 0.2) is 109 Å². The van der Waals surface area contributed by atoms with Crippen molar-refractivity contribution in [2.24, 2.45) is 0 Å². The molecule has 0 saturated heterocycles. The molecule has 0 saturated carbocycles. The molecule has 0 fully saturated rings. The van der Waals surface area contributed by atoms with Crippen LogP contribution in [0.5, 0.6) is 0 Å². The topological polar surface area (TPSA) is 25.8 Å². The van der Waals surface area contributed by atoms with Crippen LogP contribution in [0.3, 0.4) is 0 Å². The Balaban J connectivity index is 0.000000186. The number of pyridine rings is 2. The number of hydrogen-bond donors (Lipinski definition) is 0. The van der Waals surface area contributed by atoms with E-state index in [1.165, 1.54) is 22.3 Å². The predicted molar refractivity (Wildman–Crippen MR) is 132 cm³/mol. The molecule has 0 unspecified atom stereocenters. The molecule has 0 aliphatic rings. The molecule has 0 aliphatic carbocycles. The standard InChI is InChI=1S/C17H12N.C13H12N.Ir/c1-3-7-14(8-4-1)16-11-12-18-17(13-16)15-9-5-2-6-10-15;1-10-3-6-12(7-4-10)13-8-5-11(2)9-14-13;/h1-9,11-13H;3-6,8-9H,1-2H3;/q2*-1;. The fourth-order valence-corrected chi connectivity index (χ4v) is 3.23. The second-order valence-corrected chi connectivity index (χ2v) is 7.57. The average Bonchev–Trinajstić information content (AvgIpc) is 2.87. The summed E-state index contributed by atoms with van der Waals surface area (Å²) in [6.45, 7) is 4.10. The van der Waals surface area contributed by atoms with Gasteiger partial charge in [-0.2, -0.15) is 0 Å². The molecule has 5 aromatic rings. The quantitative estimate of drug-likeness (QED) is 0.201. The first-order chi connectivity index (χ1) is 15.7. The zero-order valence-electron chi connectivity index (χ0n) is 18.6. The van der Waals surface area contributed by atoms with Crippen LogP contribution in [0, 0.1) is 26.0 Å². The second-order valence-electron chi connectivity index (χ2n) is 7.57. The first-order valence-electron chi connectivity index (χ1n) is 10.6. The Morgan fingerprint density at radius 1 is 0.606 bits per heavy atom. The molecule has 2 nitrogen and oxygen atoms in total. The van der Waals surface area contributed by atoms with Crippen LogP contribution in [0.25, 0.3) is 33.6 Å². The summed E-state index contributed by atoms with van der Waals surface area (Å²) in [6.07, 6.45) is 3.72. The van der Waals surface area contributed by atoms with E-state index in [4.69, 9.17) is 0 Å². The summed E-state index contributed by atoms with van der Waals surface area (Å²) in [5.41, 5.74) is 8.80. The zero-order valence-corrected chi connectivity index (χ0v) is 21.0. The van der Waals surface area contributed by atoms with Gasteiger partial charge in [-0.3, -0.25) is 0 Å². The minimum Gasteiger partial charge on any atom is -0.305 e. The number of nitrogens with zero attached hydrogens (tertiary/aromatic N) is 2. The maximum atomic E-state index is 4.40. The molecule has 0 N–H and O–H groups in total. The molecule has 3 aromatic carbocycles. The number of rotatable bonds is 3. The molecule has 33 heavy (non-hydrogen) atoms.